The van der Waals surface area contributed by atoms with Crippen LogP contribution < -0.4 is 10.7 Å². The number of rotatable bonds is 4. The molecule has 1 aromatic carbocycles. The van der Waals surface area contributed by atoms with E-state index < -0.39 is 16.7 Å². The van der Waals surface area contributed by atoms with E-state index in [0.29, 0.717) is 24.2 Å². The number of benzene rings is 1. The number of nitro benzene ring substituents is 1. The van der Waals surface area contributed by atoms with Crippen molar-refractivity contribution in [2.45, 2.75) is 19.8 Å². The summed E-state index contributed by atoms with van der Waals surface area (Å²) in [7, 11) is 0. The molecule has 1 aliphatic rings. The summed E-state index contributed by atoms with van der Waals surface area (Å²) in [4.78, 5) is 33.6. The molecule has 2 amide bonds. The van der Waals surface area contributed by atoms with E-state index in [-0.39, 0.29) is 11.6 Å². The van der Waals surface area contributed by atoms with Crippen molar-refractivity contribution in [2.24, 2.45) is 11.0 Å². The second-order valence-electron chi connectivity index (χ2n) is 4.96. The molecule has 1 saturated heterocycles. The van der Waals surface area contributed by atoms with Crippen LogP contribution >= 0.6 is 0 Å². The number of nitrogens with one attached hydrogen (secondary N) is 2. The summed E-state index contributed by atoms with van der Waals surface area (Å²) in [5.74, 6) is -1.45. The van der Waals surface area contributed by atoms with Crippen LogP contribution in [0.4, 0.5) is 5.69 Å². The van der Waals surface area contributed by atoms with Crippen molar-refractivity contribution in [3.63, 3.8) is 0 Å². The van der Waals surface area contributed by atoms with Crippen molar-refractivity contribution in [1.82, 2.24) is 10.7 Å². The van der Waals surface area contributed by atoms with E-state index in [1.807, 2.05) is 0 Å². The van der Waals surface area contributed by atoms with Gasteiger partial charge in [-0.05, 0) is 37.5 Å². The van der Waals surface area contributed by atoms with Crippen molar-refractivity contribution in [1.29, 1.82) is 0 Å². The van der Waals surface area contributed by atoms with Crippen LogP contribution in [0.1, 0.15) is 25.3 Å². The maximum Gasteiger partial charge on any atom is 0.269 e. The number of hydrogen-bond donors (Lipinski definition) is 2. The van der Waals surface area contributed by atoms with E-state index in [9.17, 15) is 19.7 Å². The largest absolute Gasteiger partial charge is 0.355 e. The zero-order valence-corrected chi connectivity index (χ0v) is 12.0. The lowest BCUT2D eigenvalue weighted by Crippen LogP contribution is -2.44. The van der Waals surface area contributed by atoms with E-state index in [1.54, 1.807) is 19.1 Å². The SMILES string of the molecule is CC(=NNC(=O)C1CCCNC1=O)c1ccc([N+](=O)[O-])cc1. The minimum Gasteiger partial charge on any atom is -0.355 e. The molecule has 0 aromatic heterocycles. The van der Waals surface area contributed by atoms with Crippen LogP contribution in [0.2, 0.25) is 0 Å². The fourth-order valence-corrected chi connectivity index (χ4v) is 2.13. The Bertz CT molecular complexity index is 624. The Kier molecular flexibility index (Phi) is 4.82. The number of carbonyl (C=O) groups excluding carboxylic acids is 2. The van der Waals surface area contributed by atoms with Crippen LogP contribution in [-0.4, -0.2) is 29.0 Å². The molecule has 2 N–H and O–H groups in total. The van der Waals surface area contributed by atoms with Crippen LogP contribution in [0.25, 0.3) is 0 Å². The van der Waals surface area contributed by atoms with Crippen LogP contribution in [0.15, 0.2) is 29.4 Å². The number of hydrazone groups is 1. The average molecular weight is 304 g/mol. The number of amides is 2. The van der Waals surface area contributed by atoms with Gasteiger partial charge in [-0.3, -0.25) is 19.7 Å². The van der Waals surface area contributed by atoms with Gasteiger partial charge < -0.3 is 5.32 Å². The van der Waals surface area contributed by atoms with Gasteiger partial charge in [-0.1, -0.05) is 0 Å². The third kappa shape index (κ3) is 3.66. The van der Waals surface area contributed by atoms with Crippen molar-refractivity contribution in [3.8, 4) is 0 Å². The molecule has 22 heavy (non-hydrogen) atoms. The van der Waals surface area contributed by atoms with E-state index in [2.05, 4.69) is 15.8 Å². The molecular formula is C14H16N4O4. The molecule has 1 aliphatic heterocycles. The molecule has 2 rings (SSSR count). The lowest BCUT2D eigenvalue weighted by Gasteiger charge is -2.19. The molecule has 0 saturated carbocycles. The quantitative estimate of drug-likeness (QED) is 0.373. The van der Waals surface area contributed by atoms with Crippen molar-refractivity contribution in [2.75, 3.05) is 6.54 Å². The molecule has 1 unspecified atom stereocenters. The Balaban J connectivity index is 2.01. The van der Waals surface area contributed by atoms with Gasteiger partial charge in [0, 0.05) is 18.7 Å². The third-order valence-corrected chi connectivity index (χ3v) is 3.43. The fraction of sp³-hybridized carbons (Fsp3) is 0.357. The summed E-state index contributed by atoms with van der Waals surface area (Å²) in [6, 6.07) is 5.84. The number of carbonyl (C=O) groups is 2. The van der Waals surface area contributed by atoms with Gasteiger partial charge in [-0.15, -0.1) is 0 Å². The van der Waals surface area contributed by atoms with Gasteiger partial charge in [0.15, 0.2) is 0 Å². The van der Waals surface area contributed by atoms with Crippen molar-refractivity contribution in [3.05, 3.63) is 39.9 Å². The minimum absolute atomic E-state index is 0.0144. The zero-order chi connectivity index (χ0) is 16.1. The first-order valence-electron chi connectivity index (χ1n) is 6.85. The van der Waals surface area contributed by atoms with Crippen LogP contribution in [-0.2, 0) is 9.59 Å². The fourth-order valence-electron chi connectivity index (χ4n) is 2.13. The lowest BCUT2D eigenvalue weighted by molar-refractivity contribution is -0.384. The molecule has 1 atom stereocenters. The molecule has 1 aromatic rings. The summed E-state index contributed by atoms with van der Waals surface area (Å²) in [6.07, 6.45) is 1.26. The molecule has 8 heteroatoms. The third-order valence-electron chi connectivity index (χ3n) is 3.43. The summed E-state index contributed by atoms with van der Waals surface area (Å²) in [5.41, 5.74) is 3.51. The molecule has 1 heterocycles. The Morgan fingerprint density at radius 2 is 2.09 bits per heavy atom. The molecule has 0 aliphatic carbocycles. The van der Waals surface area contributed by atoms with Gasteiger partial charge in [0.25, 0.3) is 11.6 Å². The standard InChI is InChI=1S/C14H16N4O4/c1-9(10-4-6-11(7-5-10)18(21)22)16-17-14(20)12-3-2-8-15-13(12)19/h4-7,12H,2-3,8H2,1H3,(H,15,19)(H,17,20). The first-order valence-corrected chi connectivity index (χ1v) is 6.85. The second kappa shape index (κ2) is 6.79. The predicted octanol–water partition coefficient (Wildman–Crippen LogP) is 0.961. The number of hydrogen-bond acceptors (Lipinski definition) is 5. The highest BCUT2D eigenvalue weighted by Crippen LogP contribution is 2.13. The lowest BCUT2D eigenvalue weighted by atomic mass is 9.98. The van der Waals surface area contributed by atoms with Crippen LogP contribution in [0, 0.1) is 16.0 Å². The number of nitro groups is 1. The number of piperidine rings is 1. The van der Waals surface area contributed by atoms with Gasteiger partial charge >= 0.3 is 0 Å². The topological polar surface area (TPSA) is 114 Å². The Hall–Kier alpha value is -2.77. The van der Waals surface area contributed by atoms with Gasteiger partial charge in [-0.2, -0.15) is 5.10 Å². The van der Waals surface area contributed by atoms with Gasteiger partial charge in [0.1, 0.15) is 5.92 Å². The summed E-state index contributed by atoms with van der Waals surface area (Å²) in [5, 5.41) is 17.2. The van der Waals surface area contributed by atoms with Gasteiger partial charge in [-0.25, -0.2) is 5.43 Å². The van der Waals surface area contributed by atoms with E-state index in [0.717, 1.165) is 6.42 Å². The molecule has 1 fully saturated rings. The Morgan fingerprint density at radius 1 is 1.41 bits per heavy atom. The summed E-state index contributed by atoms with van der Waals surface area (Å²) in [6.45, 7) is 2.26. The van der Waals surface area contributed by atoms with Crippen molar-refractivity contribution < 1.29 is 14.5 Å². The van der Waals surface area contributed by atoms with E-state index in [4.69, 9.17) is 0 Å². The highest BCUT2D eigenvalue weighted by atomic mass is 16.6. The highest BCUT2D eigenvalue weighted by Gasteiger charge is 2.28. The van der Waals surface area contributed by atoms with Gasteiger partial charge in [0.05, 0.1) is 10.6 Å². The average Bonchev–Trinajstić information content (AvgIpc) is 2.52. The normalized spacial score (nSPS) is 18.5. The minimum atomic E-state index is -0.720. The molecule has 0 spiro atoms. The van der Waals surface area contributed by atoms with Crippen LogP contribution in [0.3, 0.4) is 0 Å². The molecular weight excluding hydrogens is 288 g/mol. The molecule has 0 radical (unpaired) electrons. The smallest absolute Gasteiger partial charge is 0.269 e. The highest BCUT2D eigenvalue weighted by molar-refractivity contribution is 6.02. The first kappa shape index (κ1) is 15.6. The zero-order valence-electron chi connectivity index (χ0n) is 12.0. The summed E-state index contributed by atoms with van der Waals surface area (Å²) >= 11 is 0. The number of nitrogens with zero attached hydrogens (tertiary/aromatic N) is 2. The van der Waals surface area contributed by atoms with E-state index in [1.165, 1.54) is 12.1 Å². The maximum absolute atomic E-state index is 11.9. The molecule has 0 bridgehead atoms. The molecule has 8 nitrogen and oxygen atoms in total. The molecule has 116 valence electrons. The van der Waals surface area contributed by atoms with Crippen LogP contribution in [0.5, 0.6) is 0 Å². The first-order chi connectivity index (χ1) is 10.5. The second-order valence-corrected chi connectivity index (χ2v) is 4.96. The van der Waals surface area contributed by atoms with Crippen molar-refractivity contribution >= 4 is 23.2 Å². The maximum atomic E-state index is 11.9. The van der Waals surface area contributed by atoms with E-state index >= 15 is 0 Å². The Labute approximate surface area is 126 Å². The summed E-state index contributed by atoms with van der Waals surface area (Å²) < 4.78 is 0. The van der Waals surface area contributed by atoms with Gasteiger partial charge in [0.2, 0.25) is 5.91 Å². The Morgan fingerprint density at radius 3 is 2.68 bits per heavy atom. The monoisotopic (exact) mass is 304 g/mol. The number of non-ortho nitro benzene ring substituents is 1. The predicted molar refractivity (Wildman–Crippen MR) is 79.2 cm³/mol.